The summed E-state index contributed by atoms with van der Waals surface area (Å²) in [6, 6.07) is 9.47. The van der Waals surface area contributed by atoms with Gasteiger partial charge in [0.25, 0.3) is 0 Å². The number of anilines is 1. The number of carboxylic acid groups (broad SMARTS) is 1. The summed E-state index contributed by atoms with van der Waals surface area (Å²) in [6.45, 7) is 7.81. The first kappa shape index (κ1) is 24.7. The quantitative estimate of drug-likeness (QED) is 0.547. The summed E-state index contributed by atoms with van der Waals surface area (Å²) >= 11 is 0. The lowest BCUT2D eigenvalue weighted by molar-refractivity contribution is -0.139. The minimum Gasteiger partial charge on any atom is -0.482 e. The molecule has 1 N–H and O–H groups in total. The zero-order valence-corrected chi connectivity index (χ0v) is 19.7. The van der Waals surface area contributed by atoms with Crippen LogP contribution in [0.25, 0.3) is 11.0 Å². The second-order valence-corrected chi connectivity index (χ2v) is 9.04. The van der Waals surface area contributed by atoms with E-state index in [0.717, 1.165) is 23.3 Å². The summed E-state index contributed by atoms with van der Waals surface area (Å²) in [5, 5.41) is 8.87. The van der Waals surface area contributed by atoms with Gasteiger partial charge in [-0.1, -0.05) is 6.07 Å². The first-order valence-corrected chi connectivity index (χ1v) is 11.3. The van der Waals surface area contributed by atoms with E-state index in [1.54, 1.807) is 0 Å². The summed E-state index contributed by atoms with van der Waals surface area (Å²) in [6.07, 6.45) is -2.89. The normalized spacial score (nSPS) is 19.2. The molecule has 0 aliphatic carbocycles. The molecular formula is C25H27F3N4O3. The van der Waals surface area contributed by atoms with Crippen molar-refractivity contribution in [1.82, 2.24) is 14.9 Å². The number of hydrogen-bond acceptors (Lipinski definition) is 6. The average molecular weight is 489 g/mol. The van der Waals surface area contributed by atoms with Gasteiger partial charge in [0.2, 0.25) is 0 Å². The first-order chi connectivity index (χ1) is 16.5. The number of ether oxygens (including phenoxy) is 1. The fourth-order valence-electron chi connectivity index (χ4n) is 4.54. The summed E-state index contributed by atoms with van der Waals surface area (Å²) in [5.41, 5.74) is 1.91. The molecule has 0 amide bonds. The molecular weight excluding hydrogens is 461 g/mol. The van der Waals surface area contributed by atoms with Gasteiger partial charge in [-0.25, -0.2) is 9.78 Å². The molecule has 0 saturated carbocycles. The van der Waals surface area contributed by atoms with E-state index in [9.17, 15) is 18.0 Å². The van der Waals surface area contributed by atoms with Crippen LogP contribution in [-0.4, -0.2) is 57.7 Å². The number of piperazine rings is 1. The number of halogens is 3. The molecule has 10 heteroatoms. The molecule has 3 aromatic rings. The van der Waals surface area contributed by atoms with Crippen LogP contribution in [0.5, 0.6) is 5.75 Å². The zero-order valence-electron chi connectivity index (χ0n) is 19.7. The van der Waals surface area contributed by atoms with Gasteiger partial charge in [0, 0.05) is 31.7 Å². The number of aromatic nitrogens is 2. The van der Waals surface area contributed by atoms with Gasteiger partial charge in [0.1, 0.15) is 11.6 Å². The van der Waals surface area contributed by atoms with Crippen molar-refractivity contribution in [2.24, 2.45) is 0 Å². The van der Waals surface area contributed by atoms with Crippen LogP contribution in [-0.2, 0) is 17.5 Å². The Bertz CT molecular complexity index is 1220. The molecule has 35 heavy (non-hydrogen) atoms. The SMILES string of the molecule is Cc1cc(CN2C(C)CN(c3cnc4cc(C(F)(F)F)ccc4n3)CC2C)cc(OCC(=O)O)c1. The molecule has 1 fully saturated rings. The summed E-state index contributed by atoms with van der Waals surface area (Å²) in [7, 11) is 0. The minimum atomic E-state index is -4.42. The Morgan fingerprint density at radius 1 is 1.11 bits per heavy atom. The lowest BCUT2D eigenvalue weighted by atomic mass is 10.0. The lowest BCUT2D eigenvalue weighted by Gasteiger charge is -2.45. The Morgan fingerprint density at radius 2 is 1.83 bits per heavy atom. The van der Waals surface area contributed by atoms with E-state index in [1.165, 1.54) is 12.3 Å². The van der Waals surface area contributed by atoms with Gasteiger partial charge in [-0.15, -0.1) is 0 Å². The number of benzene rings is 2. The van der Waals surface area contributed by atoms with Crippen LogP contribution >= 0.6 is 0 Å². The lowest BCUT2D eigenvalue weighted by Crippen LogP contribution is -2.56. The predicted molar refractivity (Wildman–Crippen MR) is 126 cm³/mol. The largest absolute Gasteiger partial charge is 0.482 e. The van der Waals surface area contributed by atoms with Crippen molar-refractivity contribution < 1.29 is 27.8 Å². The number of aryl methyl sites for hydroxylation is 1. The number of fused-ring (bicyclic) bond motifs is 1. The molecule has 0 bridgehead atoms. The number of alkyl halides is 3. The van der Waals surface area contributed by atoms with Gasteiger partial charge in [-0.3, -0.25) is 9.88 Å². The minimum absolute atomic E-state index is 0.160. The Morgan fingerprint density at radius 3 is 2.49 bits per heavy atom. The Balaban J connectivity index is 1.48. The molecule has 2 aromatic carbocycles. The number of aliphatic carboxylic acids is 1. The van der Waals surface area contributed by atoms with E-state index in [1.807, 2.05) is 19.1 Å². The van der Waals surface area contributed by atoms with Crippen molar-refractivity contribution in [1.29, 1.82) is 0 Å². The highest BCUT2D eigenvalue weighted by Gasteiger charge is 2.32. The van der Waals surface area contributed by atoms with E-state index in [-0.39, 0.29) is 17.6 Å². The maximum absolute atomic E-state index is 13.0. The molecule has 186 valence electrons. The molecule has 2 atom stereocenters. The van der Waals surface area contributed by atoms with Crippen molar-refractivity contribution in [3.63, 3.8) is 0 Å². The zero-order chi connectivity index (χ0) is 25.3. The van der Waals surface area contributed by atoms with Crippen molar-refractivity contribution in [3.8, 4) is 5.75 Å². The second kappa shape index (κ2) is 9.69. The van der Waals surface area contributed by atoms with Gasteiger partial charge in [-0.2, -0.15) is 13.2 Å². The molecule has 1 aliphatic rings. The van der Waals surface area contributed by atoms with Gasteiger partial charge in [0.15, 0.2) is 6.61 Å². The van der Waals surface area contributed by atoms with Crippen molar-refractivity contribution in [2.75, 3.05) is 24.6 Å². The maximum Gasteiger partial charge on any atom is 0.416 e. The van der Waals surface area contributed by atoms with Crippen LogP contribution in [0, 0.1) is 6.92 Å². The monoisotopic (exact) mass is 488 g/mol. The highest BCUT2D eigenvalue weighted by molar-refractivity contribution is 5.76. The van der Waals surface area contributed by atoms with Crippen LogP contribution in [0.1, 0.15) is 30.5 Å². The third-order valence-corrected chi connectivity index (χ3v) is 6.12. The molecule has 7 nitrogen and oxygen atoms in total. The van der Waals surface area contributed by atoms with E-state index < -0.39 is 24.3 Å². The predicted octanol–water partition coefficient (Wildman–Crippen LogP) is 4.52. The standard InChI is InChI=1S/C25H27F3N4O3/c1-15-6-18(8-20(7-15)35-14-24(33)34)13-32-16(2)11-31(12-17(32)3)23-10-29-22-9-19(25(26,27)28)4-5-21(22)30-23/h4-10,16-17H,11-14H2,1-3H3,(H,33,34). The topological polar surface area (TPSA) is 78.8 Å². The average Bonchev–Trinajstić information content (AvgIpc) is 2.78. The van der Waals surface area contributed by atoms with Gasteiger partial charge >= 0.3 is 12.1 Å². The highest BCUT2D eigenvalue weighted by Crippen LogP contribution is 2.31. The third-order valence-electron chi connectivity index (χ3n) is 6.12. The van der Waals surface area contributed by atoms with Crippen molar-refractivity contribution in [2.45, 2.75) is 45.6 Å². The Labute approximate surface area is 201 Å². The molecule has 4 rings (SSSR count). The van der Waals surface area contributed by atoms with Crippen LogP contribution < -0.4 is 9.64 Å². The van der Waals surface area contributed by atoms with Crippen LogP contribution in [0.3, 0.4) is 0 Å². The van der Waals surface area contributed by atoms with Gasteiger partial charge in [0.05, 0.1) is 22.8 Å². The third kappa shape index (κ3) is 5.82. The van der Waals surface area contributed by atoms with Gasteiger partial charge in [-0.05, 0) is 62.2 Å². The number of carbonyl (C=O) groups is 1. The molecule has 1 aliphatic heterocycles. The molecule has 1 aromatic heterocycles. The van der Waals surface area contributed by atoms with Crippen LogP contribution in [0.2, 0.25) is 0 Å². The number of carboxylic acids is 1. The molecule has 1 saturated heterocycles. The number of rotatable bonds is 6. The van der Waals surface area contributed by atoms with E-state index in [0.29, 0.717) is 36.7 Å². The summed E-state index contributed by atoms with van der Waals surface area (Å²) in [4.78, 5) is 24.1. The molecule has 0 radical (unpaired) electrons. The number of nitrogens with zero attached hydrogens (tertiary/aromatic N) is 4. The second-order valence-electron chi connectivity index (χ2n) is 9.04. The fourth-order valence-corrected chi connectivity index (χ4v) is 4.54. The van der Waals surface area contributed by atoms with E-state index >= 15 is 0 Å². The maximum atomic E-state index is 13.0. The summed E-state index contributed by atoms with van der Waals surface area (Å²) in [5.74, 6) is 0.140. The van der Waals surface area contributed by atoms with Gasteiger partial charge < -0.3 is 14.7 Å². The fraction of sp³-hybridized carbons (Fsp3) is 0.400. The van der Waals surface area contributed by atoms with Crippen LogP contribution in [0.4, 0.5) is 19.0 Å². The molecule has 2 unspecified atom stereocenters. The molecule has 0 spiro atoms. The van der Waals surface area contributed by atoms with Crippen molar-refractivity contribution >= 4 is 22.8 Å². The summed E-state index contributed by atoms with van der Waals surface area (Å²) < 4.78 is 44.3. The van der Waals surface area contributed by atoms with Crippen molar-refractivity contribution in [3.05, 3.63) is 59.3 Å². The Kier molecular flexibility index (Phi) is 6.84. The van der Waals surface area contributed by atoms with E-state index in [4.69, 9.17) is 9.84 Å². The molecule has 2 heterocycles. The highest BCUT2D eigenvalue weighted by atomic mass is 19.4. The van der Waals surface area contributed by atoms with Crippen LogP contribution in [0.15, 0.2) is 42.6 Å². The smallest absolute Gasteiger partial charge is 0.416 e. The number of hydrogen-bond donors (Lipinski definition) is 1. The van der Waals surface area contributed by atoms with E-state index in [2.05, 4.69) is 39.7 Å². The first-order valence-electron chi connectivity index (χ1n) is 11.3. The Hall–Kier alpha value is -3.40.